The molecule has 3 heterocycles. The highest BCUT2D eigenvalue weighted by Crippen LogP contribution is 2.19. The Hall–Kier alpha value is -4.94. The molecule has 0 radical (unpaired) electrons. The largest absolute Gasteiger partial charge is 0.481 e. The number of anilines is 2. The summed E-state index contributed by atoms with van der Waals surface area (Å²) >= 11 is 0. The fraction of sp³-hybridized carbons (Fsp3) is 0.333. The lowest BCUT2D eigenvalue weighted by atomic mass is 10.2. The van der Waals surface area contributed by atoms with Crippen molar-refractivity contribution >= 4 is 29.7 Å². The number of nitrogens with zero attached hydrogens (tertiary/aromatic N) is 5. The van der Waals surface area contributed by atoms with Crippen LogP contribution in [0.25, 0.3) is 0 Å². The Bertz CT molecular complexity index is 1340. The molecule has 1 amide bonds. The van der Waals surface area contributed by atoms with Gasteiger partial charge in [0.25, 0.3) is 5.97 Å². The third-order valence-corrected chi connectivity index (χ3v) is 5.88. The predicted octanol–water partition coefficient (Wildman–Crippen LogP) is 1.74. The number of hydrogen-bond donors (Lipinski definition) is 3. The number of aromatic nitrogens is 3. The first kappa shape index (κ1) is 29.6. The number of amides is 1. The summed E-state index contributed by atoms with van der Waals surface area (Å²) in [6.07, 6.45) is 2.45. The first-order valence-corrected chi connectivity index (χ1v) is 12.5. The number of alkyl carbamates (subject to hydrolysis) is 1. The lowest BCUT2D eigenvalue weighted by Crippen LogP contribution is -2.48. The average molecular weight is 553 g/mol. The number of aryl methyl sites for hydroxylation is 1. The van der Waals surface area contributed by atoms with Crippen LogP contribution in [0.15, 0.2) is 65.7 Å². The molecule has 1 atom stereocenters. The number of carbonyl (C=O) groups is 3. The number of carbonyl (C=O) groups excluding carboxylic acids is 1. The summed E-state index contributed by atoms with van der Waals surface area (Å²) in [4.78, 5) is 58.5. The van der Waals surface area contributed by atoms with E-state index in [-0.39, 0.29) is 13.2 Å². The summed E-state index contributed by atoms with van der Waals surface area (Å²) in [5, 5.41) is 19.3. The number of benzene rings is 1. The molecule has 0 bridgehead atoms. The molecule has 1 aliphatic rings. The molecular formula is C27H32N6O7. The van der Waals surface area contributed by atoms with Crippen molar-refractivity contribution in [3.8, 4) is 0 Å². The SMILES string of the molecule is CC(=O)O.Cc1cn(CC(NC(=O)OCc2ccccc2)C(=O)O)c(=O)nc1N1CCN(c2ccccn2)CC1. The van der Waals surface area contributed by atoms with E-state index in [4.69, 9.17) is 14.6 Å². The Morgan fingerprint density at radius 3 is 2.23 bits per heavy atom. The first-order chi connectivity index (χ1) is 19.1. The van der Waals surface area contributed by atoms with Gasteiger partial charge in [-0.1, -0.05) is 36.4 Å². The Morgan fingerprint density at radius 2 is 1.62 bits per heavy atom. The van der Waals surface area contributed by atoms with Crippen molar-refractivity contribution in [2.75, 3.05) is 36.0 Å². The third-order valence-electron chi connectivity index (χ3n) is 5.88. The summed E-state index contributed by atoms with van der Waals surface area (Å²) in [5.74, 6) is -0.642. The summed E-state index contributed by atoms with van der Waals surface area (Å²) in [6, 6.07) is 13.5. The maximum absolute atomic E-state index is 12.7. The van der Waals surface area contributed by atoms with Gasteiger partial charge < -0.3 is 30.1 Å². The Labute approximate surface area is 230 Å². The van der Waals surface area contributed by atoms with Crippen molar-refractivity contribution in [1.29, 1.82) is 0 Å². The van der Waals surface area contributed by atoms with E-state index < -0.39 is 29.8 Å². The van der Waals surface area contributed by atoms with E-state index >= 15 is 0 Å². The summed E-state index contributed by atoms with van der Waals surface area (Å²) in [6.45, 7) is 5.42. The van der Waals surface area contributed by atoms with Crippen LogP contribution in [0.5, 0.6) is 0 Å². The fourth-order valence-electron chi connectivity index (χ4n) is 4.02. The second kappa shape index (κ2) is 14.3. The summed E-state index contributed by atoms with van der Waals surface area (Å²) in [7, 11) is 0. The molecule has 1 fully saturated rings. The number of carboxylic acid groups (broad SMARTS) is 2. The number of carboxylic acids is 2. The Balaban J connectivity index is 0.00000103. The van der Waals surface area contributed by atoms with Crippen LogP contribution in [0, 0.1) is 6.92 Å². The molecule has 1 aliphatic heterocycles. The summed E-state index contributed by atoms with van der Waals surface area (Å²) < 4.78 is 6.30. The van der Waals surface area contributed by atoms with Gasteiger partial charge in [-0.2, -0.15) is 4.98 Å². The zero-order chi connectivity index (χ0) is 29.1. The Kier molecular flexibility index (Phi) is 10.6. The molecule has 13 heteroatoms. The second-order valence-electron chi connectivity index (χ2n) is 8.96. The molecular weight excluding hydrogens is 520 g/mol. The van der Waals surface area contributed by atoms with E-state index in [0.717, 1.165) is 37.0 Å². The lowest BCUT2D eigenvalue weighted by Gasteiger charge is -2.36. The van der Waals surface area contributed by atoms with E-state index in [1.165, 1.54) is 4.57 Å². The molecule has 3 N–H and O–H groups in total. The predicted molar refractivity (Wildman–Crippen MR) is 146 cm³/mol. The number of pyridine rings is 1. The highest BCUT2D eigenvalue weighted by molar-refractivity contribution is 5.79. The number of ether oxygens (including phenoxy) is 1. The smallest absolute Gasteiger partial charge is 0.408 e. The minimum Gasteiger partial charge on any atom is -0.481 e. The maximum Gasteiger partial charge on any atom is 0.408 e. The van der Waals surface area contributed by atoms with Gasteiger partial charge in [-0.3, -0.25) is 9.36 Å². The van der Waals surface area contributed by atoms with Crippen LogP contribution in [0.1, 0.15) is 18.1 Å². The molecule has 2 aromatic heterocycles. The van der Waals surface area contributed by atoms with Crippen LogP contribution >= 0.6 is 0 Å². The van der Waals surface area contributed by atoms with Gasteiger partial charge in [0, 0.05) is 51.1 Å². The van der Waals surface area contributed by atoms with Gasteiger partial charge in [-0.25, -0.2) is 19.4 Å². The third kappa shape index (κ3) is 8.82. The highest BCUT2D eigenvalue weighted by atomic mass is 16.5. The van der Waals surface area contributed by atoms with Gasteiger partial charge in [0.05, 0.1) is 6.54 Å². The van der Waals surface area contributed by atoms with Crippen LogP contribution < -0.4 is 20.8 Å². The molecule has 1 aromatic carbocycles. The monoisotopic (exact) mass is 552 g/mol. The van der Waals surface area contributed by atoms with E-state index in [1.54, 1.807) is 24.5 Å². The number of piperazine rings is 1. The number of nitrogens with one attached hydrogen (secondary N) is 1. The molecule has 0 saturated carbocycles. The van der Waals surface area contributed by atoms with Gasteiger partial charge in [-0.15, -0.1) is 0 Å². The first-order valence-electron chi connectivity index (χ1n) is 12.5. The molecule has 13 nitrogen and oxygen atoms in total. The van der Waals surface area contributed by atoms with E-state index in [2.05, 4.69) is 20.2 Å². The van der Waals surface area contributed by atoms with Crippen molar-refractivity contribution in [1.82, 2.24) is 19.9 Å². The van der Waals surface area contributed by atoms with Gasteiger partial charge >= 0.3 is 17.8 Å². The van der Waals surface area contributed by atoms with E-state index in [0.29, 0.717) is 18.9 Å². The van der Waals surface area contributed by atoms with Crippen molar-refractivity contribution < 1.29 is 29.3 Å². The van der Waals surface area contributed by atoms with Crippen LogP contribution in [0.2, 0.25) is 0 Å². The zero-order valence-corrected chi connectivity index (χ0v) is 22.3. The molecule has 0 aliphatic carbocycles. The molecule has 40 heavy (non-hydrogen) atoms. The number of aliphatic carboxylic acids is 2. The van der Waals surface area contributed by atoms with Gasteiger partial charge in [0.2, 0.25) is 0 Å². The van der Waals surface area contributed by atoms with Gasteiger partial charge in [-0.05, 0) is 24.6 Å². The standard InChI is InChI=1S/C25H28N6O5.C2H4O2/c1-18-15-31(16-20(23(32)33)27-25(35)36-17-19-7-3-2-4-8-19)24(34)28-22(18)30-13-11-29(12-14-30)21-9-5-6-10-26-21;1-2(3)4/h2-10,15,20H,11-14,16-17H2,1H3,(H,27,35)(H,32,33);1H3,(H,3,4). The minimum atomic E-state index is -1.36. The number of hydrogen-bond acceptors (Lipinski definition) is 9. The van der Waals surface area contributed by atoms with E-state index in [1.807, 2.05) is 48.2 Å². The van der Waals surface area contributed by atoms with Crippen molar-refractivity contribution in [3.63, 3.8) is 0 Å². The quantitative estimate of drug-likeness (QED) is 0.372. The van der Waals surface area contributed by atoms with Crippen LogP contribution in [0.4, 0.5) is 16.4 Å². The molecule has 212 valence electrons. The lowest BCUT2D eigenvalue weighted by molar-refractivity contribution is -0.139. The van der Waals surface area contributed by atoms with Gasteiger partial charge in [0.1, 0.15) is 24.3 Å². The second-order valence-corrected chi connectivity index (χ2v) is 8.96. The topological polar surface area (TPSA) is 167 Å². The molecule has 0 spiro atoms. The molecule has 4 rings (SSSR count). The normalized spacial score (nSPS) is 13.4. The van der Waals surface area contributed by atoms with E-state index in [9.17, 15) is 19.5 Å². The van der Waals surface area contributed by atoms with Crippen LogP contribution in [-0.4, -0.2) is 75.0 Å². The molecule has 1 unspecified atom stereocenters. The molecule has 1 saturated heterocycles. The number of rotatable bonds is 8. The Morgan fingerprint density at radius 1 is 1.00 bits per heavy atom. The van der Waals surface area contributed by atoms with Crippen molar-refractivity contribution in [2.45, 2.75) is 33.0 Å². The average Bonchev–Trinajstić information content (AvgIpc) is 2.94. The maximum atomic E-state index is 12.7. The van der Waals surface area contributed by atoms with Crippen molar-refractivity contribution in [2.24, 2.45) is 0 Å². The van der Waals surface area contributed by atoms with Crippen LogP contribution in [-0.2, 0) is 27.5 Å². The summed E-state index contributed by atoms with van der Waals surface area (Å²) in [5.41, 5.74) is 0.914. The fourth-order valence-corrected chi connectivity index (χ4v) is 4.02. The highest BCUT2D eigenvalue weighted by Gasteiger charge is 2.24. The minimum absolute atomic E-state index is 0.00190. The zero-order valence-electron chi connectivity index (χ0n) is 22.3. The van der Waals surface area contributed by atoms with Crippen molar-refractivity contribution in [3.05, 3.63) is 82.5 Å². The molecule has 3 aromatic rings. The van der Waals surface area contributed by atoms with Gasteiger partial charge in [0.15, 0.2) is 0 Å². The van der Waals surface area contributed by atoms with Crippen LogP contribution in [0.3, 0.4) is 0 Å².